The topological polar surface area (TPSA) is 91.0 Å². The number of carbonyl (C=O) groups excluding carboxylic acids is 1. The molecule has 1 atom stereocenters. The van der Waals surface area contributed by atoms with Crippen LogP contribution >= 0.6 is 23.1 Å². The quantitative estimate of drug-likeness (QED) is 0.422. The Hall–Kier alpha value is -2.17. The van der Waals surface area contributed by atoms with Crippen molar-refractivity contribution in [2.75, 3.05) is 17.7 Å². The number of hydrogen-bond donors (Lipinski definition) is 1. The molecule has 1 saturated heterocycles. The highest BCUT2D eigenvalue weighted by molar-refractivity contribution is 7.99. The molecular weight excluding hydrogens is 458 g/mol. The van der Waals surface area contributed by atoms with Gasteiger partial charge in [-0.15, -0.1) is 11.3 Å². The zero-order valence-electron chi connectivity index (χ0n) is 19.3. The molecule has 176 valence electrons. The van der Waals surface area contributed by atoms with Crippen LogP contribution in [0.3, 0.4) is 0 Å². The Kier molecular flexibility index (Phi) is 6.32. The fourth-order valence-electron chi connectivity index (χ4n) is 4.74. The van der Waals surface area contributed by atoms with Crippen molar-refractivity contribution in [1.29, 1.82) is 0 Å². The number of thiophene rings is 1. The number of nitrogens with zero attached hydrogens (tertiary/aromatic N) is 4. The minimum absolute atomic E-state index is 0.0109. The van der Waals surface area contributed by atoms with Crippen molar-refractivity contribution in [2.24, 2.45) is 7.05 Å². The lowest BCUT2D eigenvalue weighted by Crippen LogP contribution is -2.29. The van der Waals surface area contributed by atoms with Crippen molar-refractivity contribution in [3.63, 3.8) is 0 Å². The molecule has 5 rings (SSSR count). The van der Waals surface area contributed by atoms with Crippen LogP contribution in [0.25, 0.3) is 10.2 Å². The first kappa shape index (κ1) is 22.6. The normalized spacial score (nSPS) is 18.1. The first-order chi connectivity index (χ1) is 15.9. The molecule has 0 bridgehead atoms. The summed E-state index contributed by atoms with van der Waals surface area (Å²) in [4.78, 5) is 33.4. The maximum atomic E-state index is 13.6. The minimum atomic E-state index is -0.136. The Labute approximate surface area is 200 Å². The first-order valence-electron chi connectivity index (χ1n) is 11.5. The van der Waals surface area contributed by atoms with Crippen LogP contribution in [0.5, 0.6) is 0 Å². The monoisotopic (exact) mass is 487 g/mol. The van der Waals surface area contributed by atoms with Crippen LogP contribution in [0.1, 0.15) is 47.5 Å². The Morgan fingerprint density at radius 3 is 2.82 bits per heavy atom. The van der Waals surface area contributed by atoms with Gasteiger partial charge in [0, 0.05) is 18.5 Å². The van der Waals surface area contributed by atoms with Crippen LogP contribution in [0.4, 0.5) is 5.69 Å². The van der Waals surface area contributed by atoms with Gasteiger partial charge in [-0.2, -0.15) is 5.10 Å². The fourth-order valence-corrected chi connectivity index (χ4v) is 6.85. The highest BCUT2D eigenvalue weighted by Crippen LogP contribution is 2.35. The standard InChI is InChI=1S/C23H29N5O3S2/c1-13-20(14(2)27(3)26-13)24-18(29)12-32-23-25-21-19(16-8-4-5-9-17(16)33-21)22(30)28(23)11-15-7-6-10-31-15/h15H,4-12H2,1-3H3,(H,24,29). The van der Waals surface area contributed by atoms with Crippen molar-refractivity contribution in [3.05, 3.63) is 32.2 Å². The number of amides is 1. The second-order valence-electron chi connectivity index (χ2n) is 8.84. The molecule has 0 spiro atoms. The minimum Gasteiger partial charge on any atom is -0.376 e. The summed E-state index contributed by atoms with van der Waals surface area (Å²) in [5, 5.41) is 8.70. The molecule has 0 saturated carbocycles. The summed E-state index contributed by atoms with van der Waals surface area (Å²) in [5.41, 5.74) is 3.64. The highest BCUT2D eigenvalue weighted by Gasteiger charge is 2.25. The van der Waals surface area contributed by atoms with E-state index < -0.39 is 0 Å². The largest absolute Gasteiger partial charge is 0.376 e. The number of ether oxygens (including phenoxy) is 1. The summed E-state index contributed by atoms with van der Waals surface area (Å²) >= 11 is 2.96. The van der Waals surface area contributed by atoms with E-state index in [1.807, 2.05) is 20.9 Å². The van der Waals surface area contributed by atoms with E-state index in [4.69, 9.17) is 9.72 Å². The van der Waals surface area contributed by atoms with Crippen LogP contribution < -0.4 is 10.9 Å². The number of aromatic nitrogens is 4. The zero-order chi connectivity index (χ0) is 23.1. The summed E-state index contributed by atoms with van der Waals surface area (Å²) in [7, 11) is 1.86. The van der Waals surface area contributed by atoms with E-state index in [-0.39, 0.29) is 23.3 Å². The van der Waals surface area contributed by atoms with Crippen LogP contribution in [-0.2, 0) is 36.0 Å². The lowest BCUT2D eigenvalue weighted by atomic mass is 9.97. The fraction of sp³-hybridized carbons (Fsp3) is 0.565. The summed E-state index contributed by atoms with van der Waals surface area (Å²) in [5.74, 6) is 0.0326. The lowest BCUT2D eigenvalue weighted by molar-refractivity contribution is -0.113. The number of aryl methyl sites for hydroxylation is 4. The van der Waals surface area contributed by atoms with Crippen molar-refractivity contribution < 1.29 is 9.53 Å². The van der Waals surface area contributed by atoms with E-state index in [0.29, 0.717) is 11.7 Å². The van der Waals surface area contributed by atoms with Gasteiger partial charge in [-0.1, -0.05) is 11.8 Å². The molecule has 0 radical (unpaired) electrons. The van der Waals surface area contributed by atoms with Gasteiger partial charge in [0.1, 0.15) is 4.83 Å². The highest BCUT2D eigenvalue weighted by atomic mass is 32.2. The Balaban J connectivity index is 1.44. The second-order valence-corrected chi connectivity index (χ2v) is 10.9. The van der Waals surface area contributed by atoms with Gasteiger partial charge in [0.05, 0.1) is 40.9 Å². The van der Waals surface area contributed by atoms with E-state index in [0.717, 1.165) is 66.0 Å². The Morgan fingerprint density at radius 1 is 1.27 bits per heavy atom. The van der Waals surface area contributed by atoms with Gasteiger partial charge in [0.25, 0.3) is 5.56 Å². The SMILES string of the molecule is Cc1nn(C)c(C)c1NC(=O)CSc1nc2sc3c(c2c(=O)n1CC1CCCO1)CCCC3. The van der Waals surface area contributed by atoms with Gasteiger partial charge in [-0.3, -0.25) is 18.8 Å². The molecule has 1 fully saturated rings. The average molecular weight is 488 g/mol. The lowest BCUT2D eigenvalue weighted by Gasteiger charge is -2.16. The van der Waals surface area contributed by atoms with Gasteiger partial charge in [0.2, 0.25) is 5.91 Å². The smallest absolute Gasteiger partial charge is 0.263 e. The molecular formula is C23H29N5O3S2. The number of carbonyl (C=O) groups is 1. The number of hydrogen-bond acceptors (Lipinski definition) is 7. The summed E-state index contributed by atoms with van der Waals surface area (Å²) in [6.45, 7) is 5.02. The van der Waals surface area contributed by atoms with Crippen molar-refractivity contribution in [3.8, 4) is 0 Å². The molecule has 1 aliphatic heterocycles. The average Bonchev–Trinajstić information content (AvgIpc) is 3.49. The predicted octanol–water partition coefficient (Wildman–Crippen LogP) is 3.60. The first-order valence-corrected chi connectivity index (χ1v) is 13.3. The molecule has 10 heteroatoms. The van der Waals surface area contributed by atoms with Gasteiger partial charge >= 0.3 is 0 Å². The van der Waals surface area contributed by atoms with E-state index in [1.165, 1.54) is 28.6 Å². The van der Waals surface area contributed by atoms with Gasteiger partial charge < -0.3 is 10.1 Å². The number of nitrogens with one attached hydrogen (secondary N) is 1. The second kappa shape index (κ2) is 9.23. The summed E-state index contributed by atoms with van der Waals surface area (Å²) in [6.07, 6.45) is 6.23. The third-order valence-electron chi connectivity index (χ3n) is 6.56. The van der Waals surface area contributed by atoms with Crippen LogP contribution in [0.15, 0.2) is 9.95 Å². The molecule has 1 N–H and O–H groups in total. The van der Waals surface area contributed by atoms with Crippen LogP contribution in [-0.4, -0.2) is 43.7 Å². The number of fused-ring (bicyclic) bond motifs is 3. The van der Waals surface area contributed by atoms with E-state index in [2.05, 4.69) is 10.4 Å². The van der Waals surface area contributed by atoms with Crippen LogP contribution in [0, 0.1) is 13.8 Å². The van der Waals surface area contributed by atoms with E-state index in [1.54, 1.807) is 20.6 Å². The number of thioether (sulfide) groups is 1. The molecule has 0 aromatic carbocycles. The van der Waals surface area contributed by atoms with Crippen molar-refractivity contribution in [2.45, 2.75) is 70.2 Å². The molecule has 4 heterocycles. The maximum absolute atomic E-state index is 13.6. The van der Waals surface area contributed by atoms with Crippen LogP contribution in [0.2, 0.25) is 0 Å². The summed E-state index contributed by atoms with van der Waals surface area (Å²) in [6, 6.07) is 0. The Bertz CT molecular complexity index is 1270. The van der Waals surface area contributed by atoms with Gasteiger partial charge in [0.15, 0.2) is 5.16 Å². The van der Waals surface area contributed by atoms with Gasteiger partial charge in [-0.25, -0.2) is 4.98 Å². The Morgan fingerprint density at radius 2 is 2.09 bits per heavy atom. The predicted molar refractivity (Wildman–Crippen MR) is 132 cm³/mol. The molecule has 1 unspecified atom stereocenters. The molecule has 3 aromatic rings. The summed E-state index contributed by atoms with van der Waals surface area (Å²) < 4.78 is 9.33. The molecule has 2 aliphatic rings. The van der Waals surface area contributed by atoms with E-state index in [9.17, 15) is 9.59 Å². The molecule has 1 amide bonds. The van der Waals surface area contributed by atoms with Crippen molar-refractivity contribution in [1.82, 2.24) is 19.3 Å². The number of anilines is 1. The third kappa shape index (κ3) is 4.36. The van der Waals surface area contributed by atoms with Gasteiger partial charge in [-0.05, 0) is 57.9 Å². The molecule has 33 heavy (non-hydrogen) atoms. The zero-order valence-corrected chi connectivity index (χ0v) is 20.9. The molecule has 8 nitrogen and oxygen atoms in total. The van der Waals surface area contributed by atoms with Crippen molar-refractivity contribution >= 4 is 44.9 Å². The molecule has 1 aliphatic carbocycles. The van der Waals surface area contributed by atoms with E-state index >= 15 is 0 Å². The maximum Gasteiger partial charge on any atom is 0.263 e. The third-order valence-corrected chi connectivity index (χ3v) is 8.72. The molecule has 3 aromatic heterocycles. The number of rotatable bonds is 6.